The van der Waals surface area contributed by atoms with Crippen molar-refractivity contribution in [1.29, 1.82) is 0 Å². The van der Waals surface area contributed by atoms with Gasteiger partial charge in [-0.2, -0.15) is 13.2 Å². The Hall–Kier alpha value is -3.22. The molecule has 0 fully saturated rings. The summed E-state index contributed by atoms with van der Waals surface area (Å²) >= 11 is 12.4. The number of alkyl halides is 3. The Morgan fingerprint density at radius 1 is 1.08 bits per heavy atom. The van der Waals surface area contributed by atoms with Gasteiger partial charge in [-0.05, 0) is 77.6 Å². The number of para-hydroxylation sites is 1. The van der Waals surface area contributed by atoms with Crippen LogP contribution in [0.4, 0.5) is 18.0 Å². The van der Waals surface area contributed by atoms with Crippen LogP contribution in [0, 0.1) is 6.92 Å². The van der Waals surface area contributed by atoms with E-state index < -0.39 is 23.9 Å². The van der Waals surface area contributed by atoms with Gasteiger partial charge in [0.15, 0.2) is 5.75 Å². The number of aryl methyl sites for hydroxylation is 1. The maximum absolute atomic E-state index is 13.3. The fourth-order valence-corrected chi connectivity index (χ4v) is 4.72. The van der Waals surface area contributed by atoms with E-state index in [2.05, 4.69) is 6.58 Å². The molecule has 36 heavy (non-hydrogen) atoms. The highest BCUT2D eigenvalue weighted by Gasteiger charge is 2.36. The highest BCUT2D eigenvalue weighted by atomic mass is 35.5. The Kier molecular flexibility index (Phi) is 7.48. The maximum Gasteiger partial charge on any atom is 0.416 e. The summed E-state index contributed by atoms with van der Waals surface area (Å²) in [5, 5.41) is 0.821. The monoisotopic (exact) mass is 531 g/mol. The van der Waals surface area contributed by atoms with Crippen molar-refractivity contribution in [2.45, 2.75) is 25.6 Å². The smallest absolute Gasteiger partial charge is 0.409 e. The number of amides is 1. The van der Waals surface area contributed by atoms with Crippen LogP contribution in [0.25, 0.3) is 5.57 Å². The van der Waals surface area contributed by atoms with Gasteiger partial charge in [-0.3, -0.25) is 4.90 Å². The molecule has 1 unspecified atom stereocenters. The number of hydrogen-bond acceptors (Lipinski definition) is 2. The van der Waals surface area contributed by atoms with Gasteiger partial charge < -0.3 is 4.74 Å². The summed E-state index contributed by atoms with van der Waals surface area (Å²) in [4.78, 5) is 14.8. The van der Waals surface area contributed by atoms with Crippen LogP contribution in [0.2, 0.25) is 10.0 Å². The molecule has 0 N–H and O–H groups in total. The SMILES string of the molecule is C=CC1=C(c2cc(Cl)ccc2C)CCN(C(=O)Oc2ccccc2Cl)C1c1ccc(C(F)(F)F)cc1. The van der Waals surface area contributed by atoms with E-state index in [1.165, 1.54) is 17.0 Å². The van der Waals surface area contributed by atoms with E-state index in [4.69, 9.17) is 27.9 Å². The first-order valence-electron chi connectivity index (χ1n) is 11.1. The van der Waals surface area contributed by atoms with Crippen molar-refractivity contribution in [3.05, 3.63) is 117 Å². The lowest BCUT2D eigenvalue weighted by atomic mass is 9.83. The minimum atomic E-state index is -4.48. The van der Waals surface area contributed by atoms with Crippen LogP contribution in [-0.2, 0) is 6.18 Å². The molecule has 0 saturated carbocycles. The zero-order valence-corrected chi connectivity index (χ0v) is 20.8. The highest BCUT2D eigenvalue weighted by molar-refractivity contribution is 6.32. The van der Waals surface area contributed by atoms with Crippen molar-refractivity contribution in [3.63, 3.8) is 0 Å². The van der Waals surface area contributed by atoms with E-state index in [9.17, 15) is 18.0 Å². The number of ether oxygens (including phenoxy) is 1. The molecular formula is C28H22Cl2F3NO2. The van der Waals surface area contributed by atoms with Crippen molar-refractivity contribution in [1.82, 2.24) is 4.90 Å². The van der Waals surface area contributed by atoms with Gasteiger partial charge in [0, 0.05) is 11.6 Å². The number of halogens is 5. The van der Waals surface area contributed by atoms with Gasteiger partial charge in [-0.1, -0.05) is 66.2 Å². The average molecular weight is 532 g/mol. The minimum absolute atomic E-state index is 0.191. The predicted molar refractivity (Wildman–Crippen MR) is 136 cm³/mol. The predicted octanol–water partition coefficient (Wildman–Crippen LogP) is 8.91. The second-order valence-corrected chi connectivity index (χ2v) is 9.20. The van der Waals surface area contributed by atoms with E-state index >= 15 is 0 Å². The maximum atomic E-state index is 13.3. The Labute approximate surface area is 217 Å². The van der Waals surface area contributed by atoms with Crippen LogP contribution in [0.1, 0.15) is 34.7 Å². The van der Waals surface area contributed by atoms with Gasteiger partial charge in [0.25, 0.3) is 0 Å². The zero-order chi connectivity index (χ0) is 26.0. The van der Waals surface area contributed by atoms with E-state index in [-0.39, 0.29) is 17.3 Å². The molecule has 1 heterocycles. The lowest BCUT2D eigenvalue weighted by molar-refractivity contribution is -0.137. The summed E-state index contributed by atoms with van der Waals surface area (Å²) in [5.74, 6) is 0.191. The summed E-state index contributed by atoms with van der Waals surface area (Å²) < 4.78 is 45.2. The van der Waals surface area contributed by atoms with Crippen molar-refractivity contribution in [2.75, 3.05) is 6.54 Å². The molecule has 1 aliphatic rings. The fourth-order valence-electron chi connectivity index (χ4n) is 4.37. The molecule has 3 aromatic carbocycles. The van der Waals surface area contributed by atoms with Crippen LogP contribution in [0.5, 0.6) is 5.75 Å². The second kappa shape index (κ2) is 10.4. The third kappa shape index (κ3) is 5.30. The Balaban J connectivity index is 1.83. The lowest BCUT2D eigenvalue weighted by Crippen LogP contribution is -2.41. The third-order valence-corrected chi connectivity index (χ3v) is 6.67. The summed E-state index contributed by atoms with van der Waals surface area (Å²) in [5.41, 5.74) is 3.19. The Morgan fingerprint density at radius 3 is 2.42 bits per heavy atom. The van der Waals surface area contributed by atoms with Crippen molar-refractivity contribution in [2.24, 2.45) is 0 Å². The Morgan fingerprint density at radius 2 is 1.78 bits per heavy atom. The molecule has 0 saturated heterocycles. The number of nitrogens with zero attached hydrogens (tertiary/aromatic N) is 1. The van der Waals surface area contributed by atoms with Crippen molar-refractivity contribution < 1.29 is 22.7 Å². The van der Waals surface area contributed by atoms with E-state index in [0.29, 0.717) is 22.6 Å². The molecule has 4 rings (SSSR count). The van der Waals surface area contributed by atoms with Gasteiger partial charge in [0.05, 0.1) is 16.6 Å². The topological polar surface area (TPSA) is 29.5 Å². The summed E-state index contributed by atoms with van der Waals surface area (Å²) in [6.45, 7) is 6.17. The lowest BCUT2D eigenvalue weighted by Gasteiger charge is -2.38. The summed E-state index contributed by atoms with van der Waals surface area (Å²) in [6.07, 6.45) is -3.05. The van der Waals surface area contributed by atoms with Crippen molar-refractivity contribution in [3.8, 4) is 5.75 Å². The van der Waals surface area contributed by atoms with E-state index in [0.717, 1.165) is 28.8 Å². The normalized spacial score (nSPS) is 16.2. The molecule has 3 aromatic rings. The van der Waals surface area contributed by atoms with Crippen LogP contribution in [0.15, 0.2) is 85.0 Å². The first kappa shape index (κ1) is 25.9. The molecule has 0 spiro atoms. The standard InChI is InChI=1S/C28H22Cl2F3NO2/c1-3-21-22(23-16-20(29)13-8-17(23)2)14-15-34(27(35)36-25-7-5-4-6-24(25)30)26(21)18-9-11-19(12-10-18)28(31,32)33/h3-13,16,26H,1,14-15H2,2H3. The number of benzene rings is 3. The molecule has 8 heteroatoms. The van der Waals surface area contributed by atoms with Gasteiger partial charge in [0.1, 0.15) is 0 Å². The molecule has 1 amide bonds. The number of hydrogen-bond donors (Lipinski definition) is 0. The van der Waals surface area contributed by atoms with E-state index in [1.54, 1.807) is 36.4 Å². The largest absolute Gasteiger partial charge is 0.416 e. The second-order valence-electron chi connectivity index (χ2n) is 8.36. The van der Waals surface area contributed by atoms with Crippen LogP contribution < -0.4 is 4.74 Å². The van der Waals surface area contributed by atoms with Crippen molar-refractivity contribution >= 4 is 34.9 Å². The molecule has 0 aromatic heterocycles. The molecule has 1 atom stereocenters. The quantitative estimate of drug-likeness (QED) is 0.336. The molecule has 1 aliphatic heterocycles. The van der Waals surface area contributed by atoms with Gasteiger partial charge in [-0.15, -0.1) is 0 Å². The fraction of sp³-hybridized carbons (Fsp3) is 0.179. The van der Waals surface area contributed by atoms with Gasteiger partial charge in [-0.25, -0.2) is 4.79 Å². The molecule has 0 bridgehead atoms. The first-order chi connectivity index (χ1) is 17.1. The molecule has 0 aliphatic carbocycles. The Bertz CT molecular complexity index is 1330. The van der Waals surface area contributed by atoms with Gasteiger partial charge >= 0.3 is 12.3 Å². The first-order valence-corrected chi connectivity index (χ1v) is 11.9. The van der Waals surface area contributed by atoms with Gasteiger partial charge in [0.2, 0.25) is 0 Å². The zero-order valence-electron chi connectivity index (χ0n) is 19.3. The van der Waals surface area contributed by atoms with Crippen LogP contribution in [-0.4, -0.2) is 17.5 Å². The number of carbonyl (C=O) groups is 1. The minimum Gasteiger partial charge on any atom is -0.409 e. The molecular weight excluding hydrogens is 510 g/mol. The summed E-state index contributed by atoms with van der Waals surface area (Å²) in [6, 6.07) is 16.1. The summed E-state index contributed by atoms with van der Waals surface area (Å²) in [7, 11) is 0. The number of carbonyl (C=O) groups excluding carboxylic acids is 1. The highest BCUT2D eigenvalue weighted by Crippen LogP contribution is 2.43. The van der Waals surface area contributed by atoms with E-state index in [1.807, 2.05) is 19.1 Å². The third-order valence-electron chi connectivity index (χ3n) is 6.12. The molecule has 0 radical (unpaired) electrons. The van der Waals surface area contributed by atoms with Crippen LogP contribution >= 0.6 is 23.2 Å². The number of rotatable bonds is 4. The molecule has 186 valence electrons. The van der Waals surface area contributed by atoms with Crippen LogP contribution in [0.3, 0.4) is 0 Å². The average Bonchev–Trinajstić information content (AvgIpc) is 2.85. The molecule has 3 nitrogen and oxygen atoms in total.